The number of halogens is 1. The molecule has 0 saturated carbocycles. The van der Waals surface area contributed by atoms with Gasteiger partial charge >= 0.3 is 0 Å². The number of ether oxygens (including phenoxy) is 3. The number of hydrogen-bond donors (Lipinski definition) is 2. The van der Waals surface area contributed by atoms with Gasteiger partial charge in [0.25, 0.3) is 5.91 Å². The number of nitrogen functional groups attached to an aromatic ring is 1. The summed E-state index contributed by atoms with van der Waals surface area (Å²) < 4.78 is 16.1. The van der Waals surface area contributed by atoms with E-state index in [1.165, 1.54) is 0 Å². The summed E-state index contributed by atoms with van der Waals surface area (Å²) in [5, 5.41) is 3.16. The number of nitrogens with zero attached hydrogens (tertiary/aromatic N) is 2. The van der Waals surface area contributed by atoms with Gasteiger partial charge in [0.2, 0.25) is 11.7 Å². The summed E-state index contributed by atoms with van der Waals surface area (Å²) >= 11 is 5.84. The average Bonchev–Trinajstić information content (AvgIpc) is 2.75. The SMILES string of the molecule is COc1cc(Cc2cnc(NC(=O)c3ccc(Cl)cc3)nc2N)cc(OC)c1OC. The predicted octanol–water partition coefficient (Wildman–Crippen LogP) is 3.58. The first-order valence-corrected chi connectivity index (χ1v) is 9.30. The Labute approximate surface area is 179 Å². The first-order chi connectivity index (χ1) is 14.4. The zero-order chi connectivity index (χ0) is 21.7. The summed E-state index contributed by atoms with van der Waals surface area (Å²) in [7, 11) is 4.65. The van der Waals surface area contributed by atoms with Gasteiger partial charge in [-0.25, -0.2) is 4.98 Å². The molecule has 0 aliphatic heterocycles. The first-order valence-electron chi connectivity index (χ1n) is 8.92. The van der Waals surface area contributed by atoms with E-state index in [4.69, 9.17) is 31.5 Å². The predicted molar refractivity (Wildman–Crippen MR) is 115 cm³/mol. The Morgan fingerprint density at radius 2 is 1.70 bits per heavy atom. The molecule has 2 aromatic carbocycles. The van der Waals surface area contributed by atoms with Crippen LogP contribution in [0.25, 0.3) is 0 Å². The summed E-state index contributed by atoms with van der Waals surface area (Å²) in [5.41, 5.74) is 8.09. The van der Waals surface area contributed by atoms with Gasteiger partial charge in [0.05, 0.1) is 21.3 Å². The number of amides is 1. The molecule has 0 aliphatic rings. The number of hydrogen-bond acceptors (Lipinski definition) is 7. The molecule has 0 aliphatic carbocycles. The monoisotopic (exact) mass is 428 g/mol. The molecular weight excluding hydrogens is 408 g/mol. The third-order valence-electron chi connectivity index (χ3n) is 4.35. The van der Waals surface area contributed by atoms with E-state index in [2.05, 4.69) is 15.3 Å². The van der Waals surface area contributed by atoms with Crippen LogP contribution in [0.1, 0.15) is 21.5 Å². The fourth-order valence-corrected chi connectivity index (χ4v) is 2.97. The fourth-order valence-electron chi connectivity index (χ4n) is 2.85. The van der Waals surface area contributed by atoms with Crippen LogP contribution in [0.5, 0.6) is 17.2 Å². The molecule has 0 saturated heterocycles. The minimum atomic E-state index is -0.358. The molecule has 0 atom stereocenters. The van der Waals surface area contributed by atoms with Gasteiger partial charge < -0.3 is 19.9 Å². The number of carbonyl (C=O) groups excluding carboxylic acids is 1. The molecule has 0 radical (unpaired) electrons. The molecule has 1 amide bonds. The van der Waals surface area contributed by atoms with E-state index in [0.717, 1.165) is 5.56 Å². The van der Waals surface area contributed by atoms with Crippen LogP contribution in [0.2, 0.25) is 5.02 Å². The van der Waals surface area contributed by atoms with Gasteiger partial charge in [-0.2, -0.15) is 4.98 Å². The minimum Gasteiger partial charge on any atom is -0.493 e. The van der Waals surface area contributed by atoms with E-state index in [1.54, 1.807) is 51.8 Å². The second kappa shape index (κ2) is 9.32. The Morgan fingerprint density at radius 1 is 1.07 bits per heavy atom. The van der Waals surface area contributed by atoms with Crippen LogP contribution in [0.4, 0.5) is 11.8 Å². The van der Waals surface area contributed by atoms with Crippen LogP contribution in [0.15, 0.2) is 42.6 Å². The molecule has 1 heterocycles. The van der Waals surface area contributed by atoms with Crippen LogP contribution >= 0.6 is 11.6 Å². The molecule has 30 heavy (non-hydrogen) atoms. The van der Waals surface area contributed by atoms with Crippen LogP contribution in [-0.4, -0.2) is 37.2 Å². The molecule has 0 spiro atoms. The summed E-state index contributed by atoms with van der Waals surface area (Å²) in [6.45, 7) is 0. The lowest BCUT2D eigenvalue weighted by molar-refractivity contribution is 0.102. The Morgan fingerprint density at radius 3 is 2.23 bits per heavy atom. The number of nitrogens with one attached hydrogen (secondary N) is 1. The van der Waals surface area contributed by atoms with Crippen molar-refractivity contribution in [1.82, 2.24) is 9.97 Å². The highest BCUT2D eigenvalue weighted by atomic mass is 35.5. The minimum absolute atomic E-state index is 0.112. The molecule has 3 aromatic rings. The fraction of sp³-hybridized carbons (Fsp3) is 0.190. The Hall–Kier alpha value is -3.52. The number of aromatic nitrogens is 2. The molecule has 0 fully saturated rings. The topological polar surface area (TPSA) is 109 Å². The second-order valence-electron chi connectivity index (χ2n) is 6.28. The second-order valence-corrected chi connectivity index (χ2v) is 6.71. The zero-order valence-electron chi connectivity index (χ0n) is 16.7. The normalized spacial score (nSPS) is 10.4. The zero-order valence-corrected chi connectivity index (χ0v) is 17.5. The highest BCUT2D eigenvalue weighted by molar-refractivity contribution is 6.30. The summed E-state index contributed by atoms with van der Waals surface area (Å²) in [6, 6.07) is 10.1. The van der Waals surface area contributed by atoms with Crippen molar-refractivity contribution in [3.05, 3.63) is 64.3 Å². The smallest absolute Gasteiger partial charge is 0.258 e. The quantitative estimate of drug-likeness (QED) is 0.592. The number of methoxy groups -OCH3 is 3. The number of benzene rings is 2. The van der Waals surface area contributed by atoms with Gasteiger partial charge in [-0.05, 0) is 42.0 Å². The van der Waals surface area contributed by atoms with Crippen LogP contribution < -0.4 is 25.3 Å². The van der Waals surface area contributed by atoms with Gasteiger partial charge in [0.1, 0.15) is 5.82 Å². The largest absolute Gasteiger partial charge is 0.493 e. The Bertz CT molecular complexity index is 1030. The van der Waals surface area contributed by atoms with Crippen LogP contribution in [0.3, 0.4) is 0 Å². The molecule has 156 valence electrons. The van der Waals surface area contributed by atoms with Gasteiger partial charge in [-0.1, -0.05) is 11.6 Å². The van der Waals surface area contributed by atoms with Crippen molar-refractivity contribution in [1.29, 1.82) is 0 Å². The number of carbonyl (C=O) groups is 1. The molecule has 0 unspecified atom stereocenters. The maximum absolute atomic E-state index is 12.3. The lowest BCUT2D eigenvalue weighted by Gasteiger charge is -2.14. The van der Waals surface area contributed by atoms with E-state index < -0.39 is 0 Å². The number of anilines is 2. The van der Waals surface area contributed by atoms with E-state index in [9.17, 15) is 4.79 Å². The molecule has 3 N–H and O–H groups in total. The molecule has 9 heteroatoms. The molecule has 8 nitrogen and oxygen atoms in total. The van der Waals surface area contributed by atoms with Gasteiger partial charge in [-0.3, -0.25) is 10.1 Å². The van der Waals surface area contributed by atoms with E-state index in [0.29, 0.717) is 39.8 Å². The van der Waals surface area contributed by atoms with Crippen molar-refractivity contribution in [2.24, 2.45) is 0 Å². The van der Waals surface area contributed by atoms with E-state index in [1.807, 2.05) is 12.1 Å². The van der Waals surface area contributed by atoms with Gasteiger partial charge in [0.15, 0.2) is 11.5 Å². The first kappa shape index (κ1) is 21.2. The summed E-state index contributed by atoms with van der Waals surface area (Å²) in [5.74, 6) is 1.60. The Balaban J connectivity index is 1.79. The molecule has 3 rings (SSSR count). The standard InChI is InChI=1S/C21H21ClN4O4/c1-28-16-9-12(10-17(29-2)18(16)30-3)8-14-11-24-21(25-19(14)23)26-20(27)13-4-6-15(22)7-5-13/h4-7,9-11H,8H2,1-3H3,(H3,23,24,25,26,27). The van der Waals surface area contributed by atoms with Crippen molar-refractivity contribution in [3.63, 3.8) is 0 Å². The van der Waals surface area contributed by atoms with Crippen molar-refractivity contribution in [3.8, 4) is 17.2 Å². The van der Waals surface area contributed by atoms with E-state index in [-0.39, 0.29) is 17.7 Å². The maximum atomic E-state index is 12.3. The summed E-state index contributed by atoms with van der Waals surface area (Å²) in [6.07, 6.45) is 2.01. The van der Waals surface area contributed by atoms with Crippen molar-refractivity contribution >= 4 is 29.3 Å². The molecule has 0 bridgehead atoms. The Kier molecular flexibility index (Phi) is 6.58. The van der Waals surface area contributed by atoms with Crippen molar-refractivity contribution in [2.75, 3.05) is 32.4 Å². The van der Waals surface area contributed by atoms with Crippen LogP contribution in [0, 0.1) is 0 Å². The van der Waals surface area contributed by atoms with Crippen LogP contribution in [-0.2, 0) is 6.42 Å². The highest BCUT2D eigenvalue weighted by Crippen LogP contribution is 2.38. The molecular formula is C21H21ClN4O4. The number of rotatable bonds is 7. The lowest BCUT2D eigenvalue weighted by atomic mass is 10.1. The summed E-state index contributed by atoms with van der Waals surface area (Å²) in [4.78, 5) is 20.7. The van der Waals surface area contributed by atoms with Gasteiger partial charge in [0, 0.05) is 28.8 Å². The van der Waals surface area contributed by atoms with E-state index >= 15 is 0 Å². The lowest BCUT2D eigenvalue weighted by Crippen LogP contribution is -2.15. The highest BCUT2D eigenvalue weighted by Gasteiger charge is 2.15. The van der Waals surface area contributed by atoms with Crippen molar-refractivity contribution in [2.45, 2.75) is 6.42 Å². The average molecular weight is 429 g/mol. The van der Waals surface area contributed by atoms with Gasteiger partial charge in [-0.15, -0.1) is 0 Å². The maximum Gasteiger partial charge on any atom is 0.258 e. The third kappa shape index (κ3) is 4.72. The molecule has 1 aromatic heterocycles. The van der Waals surface area contributed by atoms with Crippen molar-refractivity contribution < 1.29 is 19.0 Å². The third-order valence-corrected chi connectivity index (χ3v) is 4.60. The number of nitrogens with two attached hydrogens (primary N) is 1.